The Hall–Kier alpha value is -3.22. The Morgan fingerprint density at radius 3 is 2.36 bits per heavy atom. The van der Waals surface area contributed by atoms with Gasteiger partial charge in [0.05, 0.1) is 18.5 Å². The molecule has 2 amide bonds. The van der Waals surface area contributed by atoms with Crippen LogP contribution in [0.3, 0.4) is 0 Å². The number of rotatable bonds is 5. The van der Waals surface area contributed by atoms with E-state index in [1.165, 1.54) is 26.2 Å². The van der Waals surface area contributed by atoms with E-state index in [4.69, 9.17) is 4.74 Å². The van der Waals surface area contributed by atoms with E-state index in [1.807, 2.05) is 0 Å². The Bertz CT molecular complexity index is 835. The topological polar surface area (TPSA) is 67.4 Å². The minimum absolute atomic E-state index is 0.221. The van der Waals surface area contributed by atoms with Gasteiger partial charge in [0.15, 0.2) is 0 Å². The van der Waals surface area contributed by atoms with Crippen LogP contribution in [0.4, 0.5) is 20.2 Å². The average molecular weight is 346 g/mol. The number of carbonyl (C=O) groups excluding carboxylic acids is 2. The second-order valence-electron chi connectivity index (χ2n) is 5.09. The molecule has 0 bridgehead atoms. The third kappa shape index (κ3) is 5.13. The van der Waals surface area contributed by atoms with Gasteiger partial charge in [0.1, 0.15) is 17.4 Å². The highest BCUT2D eigenvalue weighted by Gasteiger charge is 2.12. The molecule has 0 unspecified atom stereocenters. The van der Waals surface area contributed by atoms with Crippen LogP contribution in [-0.4, -0.2) is 18.9 Å². The number of hydrogen-bond donors (Lipinski definition) is 2. The molecule has 0 heterocycles. The predicted octanol–water partition coefficient (Wildman–Crippen LogP) is 3.58. The first kappa shape index (κ1) is 18.1. The molecule has 7 heteroatoms. The van der Waals surface area contributed by atoms with E-state index in [1.54, 1.807) is 24.3 Å². The smallest absolute Gasteiger partial charge is 0.248 e. The van der Waals surface area contributed by atoms with Gasteiger partial charge in [-0.15, -0.1) is 0 Å². The summed E-state index contributed by atoms with van der Waals surface area (Å²) in [6.45, 7) is 1.19. The molecule has 0 fully saturated rings. The first-order valence-corrected chi connectivity index (χ1v) is 7.29. The zero-order valence-electron chi connectivity index (χ0n) is 13.6. The van der Waals surface area contributed by atoms with Gasteiger partial charge < -0.3 is 15.4 Å². The minimum Gasteiger partial charge on any atom is -0.497 e. The second kappa shape index (κ2) is 8.05. The standard InChI is InChI=1S/C18H16F2N2O3/c1-11(23)21-16-10-17(15(20)9-14(16)19)22-18(24)7-6-12-4-3-5-13(8-12)25-2/h3-10H,1-2H3,(H,21,23)(H,22,24)/b7-6+. The Morgan fingerprint density at radius 2 is 1.72 bits per heavy atom. The quantitative estimate of drug-likeness (QED) is 0.813. The van der Waals surface area contributed by atoms with Crippen molar-refractivity contribution in [3.8, 4) is 5.75 Å². The number of anilines is 2. The molecule has 0 aliphatic heterocycles. The summed E-state index contributed by atoms with van der Waals surface area (Å²) >= 11 is 0. The van der Waals surface area contributed by atoms with Crippen LogP contribution in [0.15, 0.2) is 42.5 Å². The minimum atomic E-state index is -0.949. The fourth-order valence-electron chi connectivity index (χ4n) is 2.02. The zero-order chi connectivity index (χ0) is 18.4. The van der Waals surface area contributed by atoms with Crippen LogP contribution in [0, 0.1) is 11.6 Å². The van der Waals surface area contributed by atoms with Crippen LogP contribution in [0.2, 0.25) is 0 Å². The fourth-order valence-corrected chi connectivity index (χ4v) is 2.02. The maximum atomic E-state index is 13.8. The summed E-state index contributed by atoms with van der Waals surface area (Å²) in [7, 11) is 1.53. The largest absolute Gasteiger partial charge is 0.497 e. The lowest BCUT2D eigenvalue weighted by Gasteiger charge is -2.09. The van der Waals surface area contributed by atoms with Crippen molar-refractivity contribution in [2.24, 2.45) is 0 Å². The van der Waals surface area contributed by atoms with Crippen LogP contribution in [0.5, 0.6) is 5.75 Å². The monoisotopic (exact) mass is 346 g/mol. The zero-order valence-corrected chi connectivity index (χ0v) is 13.6. The van der Waals surface area contributed by atoms with E-state index < -0.39 is 23.4 Å². The molecule has 2 rings (SSSR count). The van der Waals surface area contributed by atoms with Crippen molar-refractivity contribution in [1.29, 1.82) is 0 Å². The molecule has 130 valence electrons. The summed E-state index contributed by atoms with van der Waals surface area (Å²) in [6.07, 6.45) is 2.73. The molecule has 5 nitrogen and oxygen atoms in total. The molecule has 0 aliphatic carbocycles. The number of methoxy groups -OCH3 is 1. The lowest BCUT2D eigenvalue weighted by atomic mass is 10.2. The Morgan fingerprint density at radius 1 is 1.04 bits per heavy atom. The molecule has 0 spiro atoms. The number of nitrogens with one attached hydrogen (secondary N) is 2. The van der Waals surface area contributed by atoms with E-state index in [2.05, 4.69) is 10.6 Å². The molecular weight excluding hydrogens is 330 g/mol. The molecule has 0 saturated carbocycles. The van der Waals surface area contributed by atoms with Crippen LogP contribution < -0.4 is 15.4 Å². The van der Waals surface area contributed by atoms with Gasteiger partial charge in [-0.2, -0.15) is 0 Å². The van der Waals surface area contributed by atoms with Crippen molar-refractivity contribution in [3.63, 3.8) is 0 Å². The van der Waals surface area contributed by atoms with Crippen LogP contribution >= 0.6 is 0 Å². The van der Waals surface area contributed by atoms with Crippen molar-refractivity contribution in [3.05, 3.63) is 59.7 Å². The molecule has 0 aliphatic rings. The highest BCUT2D eigenvalue weighted by atomic mass is 19.1. The van der Waals surface area contributed by atoms with Gasteiger partial charge >= 0.3 is 0 Å². The van der Waals surface area contributed by atoms with Gasteiger partial charge in [0.25, 0.3) is 0 Å². The molecule has 2 aromatic carbocycles. The van der Waals surface area contributed by atoms with Crippen LogP contribution in [0.1, 0.15) is 12.5 Å². The Labute approximate surface area is 143 Å². The summed E-state index contributed by atoms with van der Waals surface area (Å²) in [6, 6.07) is 8.61. The number of halogens is 2. The maximum absolute atomic E-state index is 13.8. The third-order valence-corrected chi connectivity index (χ3v) is 3.15. The highest BCUT2D eigenvalue weighted by Crippen LogP contribution is 2.23. The number of carbonyl (C=O) groups is 2. The lowest BCUT2D eigenvalue weighted by molar-refractivity contribution is -0.114. The second-order valence-corrected chi connectivity index (χ2v) is 5.09. The SMILES string of the molecule is COc1cccc(/C=C/C(=O)Nc2cc(NC(C)=O)c(F)cc2F)c1. The van der Waals surface area contributed by atoms with Gasteiger partial charge in [-0.1, -0.05) is 12.1 Å². The van der Waals surface area contributed by atoms with Crippen molar-refractivity contribution in [2.45, 2.75) is 6.92 Å². The molecular formula is C18H16F2N2O3. The summed E-state index contributed by atoms with van der Waals surface area (Å²) in [4.78, 5) is 22.9. The van der Waals surface area contributed by atoms with E-state index >= 15 is 0 Å². The van der Waals surface area contributed by atoms with Crippen molar-refractivity contribution < 1.29 is 23.1 Å². The van der Waals surface area contributed by atoms with Crippen LogP contribution in [0.25, 0.3) is 6.08 Å². The number of amides is 2. The van der Waals surface area contributed by atoms with Gasteiger partial charge in [-0.25, -0.2) is 8.78 Å². The summed E-state index contributed by atoms with van der Waals surface area (Å²) < 4.78 is 32.4. The lowest BCUT2D eigenvalue weighted by Crippen LogP contribution is -2.12. The fraction of sp³-hybridized carbons (Fsp3) is 0.111. The number of benzene rings is 2. The van der Waals surface area contributed by atoms with Gasteiger partial charge in [0.2, 0.25) is 11.8 Å². The van der Waals surface area contributed by atoms with Gasteiger partial charge in [0, 0.05) is 19.1 Å². The van der Waals surface area contributed by atoms with Crippen molar-refractivity contribution >= 4 is 29.3 Å². The van der Waals surface area contributed by atoms with Crippen LogP contribution in [-0.2, 0) is 9.59 Å². The first-order chi connectivity index (χ1) is 11.9. The Kier molecular flexibility index (Phi) is 5.84. The van der Waals surface area contributed by atoms with E-state index in [0.717, 1.165) is 6.07 Å². The van der Waals surface area contributed by atoms with Gasteiger partial charge in [-0.05, 0) is 29.8 Å². The molecule has 25 heavy (non-hydrogen) atoms. The third-order valence-electron chi connectivity index (χ3n) is 3.15. The molecule has 2 N–H and O–H groups in total. The van der Waals surface area contributed by atoms with Gasteiger partial charge in [-0.3, -0.25) is 9.59 Å². The molecule has 2 aromatic rings. The molecule has 0 aromatic heterocycles. The molecule has 0 radical (unpaired) electrons. The molecule has 0 atom stereocenters. The predicted molar refractivity (Wildman–Crippen MR) is 91.3 cm³/mol. The number of ether oxygens (including phenoxy) is 1. The van der Waals surface area contributed by atoms with Crippen molar-refractivity contribution in [1.82, 2.24) is 0 Å². The summed E-state index contributed by atoms with van der Waals surface area (Å²) in [5.74, 6) is -2.37. The molecule has 0 saturated heterocycles. The average Bonchev–Trinajstić information content (AvgIpc) is 2.57. The normalized spacial score (nSPS) is 10.6. The number of hydrogen-bond acceptors (Lipinski definition) is 3. The van der Waals surface area contributed by atoms with E-state index in [0.29, 0.717) is 17.4 Å². The maximum Gasteiger partial charge on any atom is 0.248 e. The summed E-state index contributed by atoms with van der Waals surface area (Å²) in [5, 5.41) is 4.52. The van der Waals surface area contributed by atoms with E-state index in [-0.39, 0.29) is 11.4 Å². The van der Waals surface area contributed by atoms with E-state index in [9.17, 15) is 18.4 Å². The highest BCUT2D eigenvalue weighted by molar-refractivity contribution is 6.02. The van der Waals surface area contributed by atoms with Crippen molar-refractivity contribution in [2.75, 3.05) is 17.7 Å². The first-order valence-electron chi connectivity index (χ1n) is 7.29. The Balaban J connectivity index is 2.14. The summed E-state index contributed by atoms with van der Waals surface area (Å²) in [5.41, 5.74) is 0.249.